The summed E-state index contributed by atoms with van der Waals surface area (Å²) < 4.78 is 5.40. The van der Waals surface area contributed by atoms with Crippen LogP contribution in [0.4, 0.5) is 4.79 Å². The summed E-state index contributed by atoms with van der Waals surface area (Å²) in [6, 6.07) is 0. The van der Waals surface area contributed by atoms with Crippen molar-refractivity contribution in [3.63, 3.8) is 0 Å². The maximum Gasteiger partial charge on any atom is 0.429 e. The predicted octanol–water partition coefficient (Wildman–Crippen LogP) is 1.37. The Kier molecular flexibility index (Phi) is 4.52. The third-order valence-electron chi connectivity index (χ3n) is 3.54. The molecule has 2 fully saturated rings. The first-order chi connectivity index (χ1) is 9.37. The van der Waals surface area contributed by atoms with E-state index >= 15 is 0 Å². The monoisotopic (exact) mass is 283 g/mol. The van der Waals surface area contributed by atoms with Gasteiger partial charge in [0.15, 0.2) is 0 Å². The third-order valence-corrected chi connectivity index (χ3v) is 3.54. The molecule has 1 atom stereocenters. The van der Waals surface area contributed by atoms with E-state index in [0.29, 0.717) is 31.8 Å². The van der Waals surface area contributed by atoms with Crippen LogP contribution in [-0.2, 0) is 9.53 Å². The van der Waals surface area contributed by atoms with Crippen molar-refractivity contribution >= 4 is 12.0 Å². The van der Waals surface area contributed by atoms with E-state index in [1.54, 1.807) is 5.01 Å². The van der Waals surface area contributed by atoms with E-state index in [1.165, 1.54) is 5.01 Å². The number of rotatable bonds is 2. The highest BCUT2D eigenvalue weighted by atomic mass is 16.6. The van der Waals surface area contributed by atoms with Gasteiger partial charge in [-0.25, -0.2) is 14.8 Å². The Morgan fingerprint density at radius 1 is 1.45 bits per heavy atom. The maximum atomic E-state index is 12.2. The van der Waals surface area contributed by atoms with Crippen molar-refractivity contribution in [1.29, 1.82) is 0 Å². The van der Waals surface area contributed by atoms with Gasteiger partial charge in [-0.2, -0.15) is 0 Å². The fourth-order valence-corrected chi connectivity index (χ4v) is 2.58. The fourth-order valence-electron chi connectivity index (χ4n) is 2.58. The van der Waals surface area contributed by atoms with Gasteiger partial charge in [0.05, 0.1) is 0 Å². The summed E-state index contributed by atoms with van der Waals surface area (Å²) in [6.45, 7) is 8.56. The zero-order chi connectivity index (χ0) is 14.8. The number of hydrogen-bond donors (Lipinski definition) is 1. The average molecular weight is 283 g/mol. The lowest BCUT2D eigenvalue weighted by atomic mass is 10.1. The average Bonchev–Trinajstić information content (AvgIpc) is 2.82. The molecule has 2 saturated heterocycles. The summed E-state index contributed by atoms with van der Waals surface area (Å²) in [4.78, 5) is 24.4. The molecule has 0 radical (unpaired) electrons. The van der Waals surface area contributed by atoms with E-state index in [2.05, 4.69) is 5.32 Å². The first-order valence-electron chi connectivity index (χ1n) is 7.38. The summed E-state index contributed by atoms with van der Waals surface area (Å²) in [6.07, 6.45) is 1.85. The van der Waals surface area contributed by atoms with E-state index in [4.69, 9.17) is 4.74 Å². The van der Waals surface area contributed by atoms with Gasteiger partial charge in [-0.3, -0.25) is 4.79 Å². The number of hydrazine groups is 1. The van der Waals surface area contributed by atoms with Gasteiger partial charge in [-0.15, -0.1) is 0 Å². The number of carbonyl (C=O) groups excluding carboxylic acids is 2. The summed E-state index contributed by atoms with van der Waals surface area (Å²) in [5, 5.41) is 6.36. The molecule has 2 aliphatic heterocycles. The topological polar surface area (TPSA) is 61.9 Å². The maximum absolute atomic E-state index is 12.2. The minimum Gasteiger partial charge on any atom is -0.442 e. The van der Waals surface area contributed by atoms with Crippen LogP contribution in [0.15, 0.2) is 0 Å². The van der Waals surface area contributed by atoms with E-state index in [-0.39, 0.29) is 5.91 Å². The molecule has 20 heavy (non-hydrogen) atoms. The fraction of sp³-hybridized carbons (Fsp3) is 0.857. The quantitative estimate of drug-likeness (QED) is 0.831. The first-order valence-corrected chi connectivity index (χ1v) is 7.38. The zero-order valence-corrected chi connectivity index (χ0v) is 12.6. The van der Waals surface area contributed by atoms with Crippen LogP contribution < -0.4 is 5.32 Å². The van der Waals surface area contributed by atoms with Crippen molar-refractivity contribution in [2.45, 2.75) is 45.6 Å². The van der Waals surface area contributed by atoms with Crippen LogP contribution >= 0.6 is 0 Å². The normalized spacial score (nSPS) is 24.1. The molecule has 2 amide bonds. The Bertz CT molecular complexity index is 372. The minimum absolute atomic E-state index is 0.0222. The van der Waals surface area contributed by atoms with Crippen molar-refractivity contribution in [1.82, 2.24) is 15.3 Å². The molecule has 0 bridgehead atoms. The summed E-state index contributed by atoms with van der Waals surface area (Å²) in [5.41, 5.74) is -0.543. The molecule has 0 aromatic rings. The first kappa shape index (κ1) is 15.1. The van der Waals surface area contributed by atoms with Gasteiger partial charge in [0.2, 0.25) is 5.91 Å². The summed E-state index contributed by atoms with van der Waals surface area (Å²) >= 11 is 0. The van der Waals surface area contributed by atoms with Crippen LogP contribution in [0, 0.1) is 5.92 Å². The SMILES string of the molecule is CC(C)(C)OC(=O)N1CCCC(=O)N1CC1CCNC1. The lowest BCUT2D eigenvalue weighted by Gasteiger charge is -2.39. The molecule has 0 aromatic carbocycles. The number of amides is 2. The van der Waals surface area contributed by atoms with Crippen molar-refractivity contribution < 1.29 is 14.3 Å². The predicted molar refractivity (Wildman–Crippen MR) is 74.9 cm³/mol. The van der Waals surface area contributed by atoms with Gasteiger partial charge in [0.25, 0.3) is 0 Å². The number of hydrogen-bond acceptors (Lipinski definition) is 4. The second-order valence-electron chi connectivity index (χ2n) is 6.54. The second kappa shape index (κ2) is 5.99. The van der Waals surface area contributed by atoms with Gasteiger partial charge in [-0.05, 0) is 52.6 Å². The molecule has 0 aliphatic carbocycles. The van der Waals surface area contributed by atoms with Crippen molar-refractivity contribution in [2.24, 2.45) is 5.92 Å². The van der Waals surface area contributed by atoms with Gasteiger partial charge >= 0.3 is 6.09 Å². The van der Waals surface area contributed by atoms with Gasteiger partial charge in [-0.1, -0.05) is 0 Å². The number of nitrogens with zero attached hydrogens (tertiary/aromatic N) is 2. The van der Waals surface area contributed by atoms with Crippen LogP contribution in [0.25, 0.3) is 0 Å². The van der Waals surface area contributed by atoms with E-state index < -0.39 is 11.7 Å². The summed E-state index contributed by atoms with van der Waals surface area (Å²) in [5.74, 6) is 0.441. The van der Waals surface area contributed by atoms with Crippen molar-refractivity contribution in [3.8, 4) is 0 Å². The Hall–Kier alpha value is -1.30. The highest BCUT2D eigenvalue weighted by Crippen LogP contribution is 2.20. The minimum atomic E-state index is -0.543. The molecule has 2 heterocycles. The number of nitrogens with one attached hydrogen (secondary N) is 1. The largest absolute Gasteiger partial charge is 0.442 e. The van der Waals surface area contributed by atoms with Crippen LogP contribution in [-0.4, -0.2) is 53.8 Å². The van der Waals surface area contributed by atoms with Gasteiger partial charge < -0.3 is 10.1 Å². The smallest absolute Gasteiger partial charge is 0.429 e. The molecular formula is C14H25N3O3. The lowest BCUT2D eigenvalue weighted by molar-refractivity contribution is -0.155. The molecule has 0 aromatic heterocycles. The molecule has 2 aliphatic rings. The van der Waals surface area contributed by atoms with Gasteiger partial charge in [0.1, 0.15) is 5.60 Å². The molecule has 6 nitrogen and oxygen atoms in total. The Labute approximate surface area is 120 Å². The number of ether oxygens (including phenoxy) is 1. The van der Waals surface area contributed by atoms with Crippen molar-refractivity contribution in [2.75, 3.05) is 26.2 Å². The molecule has 0 spiro atoms. The van der Waals surface area contributed by atoms with Crippen LogP contribution in [0.2, 0.25) is 0 Å². The van der Waals surface area contributed by atoms with Crippen LogP contribution in [0.5, 0.6) is 0 Å². The molecule has 2 rings (SSSR count). The highest BCUT2D eigenvalue weighted by molar-refractivity contribution is 5.80. The second-order valence-corrected chi connectivity index (χ2v) is 6.54. The molecule has 114 valence electrons. The molecule has 6 heteroatoms. The number of carbonyl (C=O) groups is 2. The summed E-state index contributed by atoms with van der Waals surface area (Å²) in [7, 11) is 0. The molecule has 0 saturated carbocycles. The third kappa shape index (κ3) is 3.85. The standard InChI is InChI=1S/C14H25N3O3/c1-14(2,3)20-13(19)16-8-4-5-12(18)17(16)10-11-6-7-15-9-11/h11,15H,4-10H2,1-3H3. The molecule has 1 unspecified atom stereocenters. The Morgan fingerprint density at radius 3 is 2.80 bits per heavy atom. The van der Waals surface area contributed by atoms with Gasteiger partial charge in [0, 0.05) is 19.5 Å². The van der Waals surface area contributed by atoms with Crippen LogP contribution in [0.1, 0.15) is 40.0 Å². The molecular weight excluding hydrogens is 258 g/mol. The Morgan fingerprint density at radius 2 is 2.20 bits per heavy atom. The van der Waals surface area contributed by atoms with Crippen LogP contribution in [0.3, 0.4) is 0 Å². The van der Waals surface area contributed by atoms with E-state index in [9.17, 15) is 9.59 Å². The molecule has 1 N–H and O–H groups in total. The Balaban J connectivity index is 2.02. The van der Waals surface area contributed by atoms with Crippen molar-refractivity contribution in [3.05, 3.63) is 0 Å². The van der Waals surface area contributed by atoms with E-state index in [0.717, 1.165) is 19.5 Å². The zero-order valence-electron chi connectivity index (χ0n) is 12.6. The van der Waals surface area contributed by atoms with E-state index in [1.807, 2.05) is 20.8 Å². The highest BCUT2D eigenvalue weighted by Gasteiger charge is 2.34. The lowest BCUT2D eigenvalue weighted by Crippen LogP contribution is -2.55.